The molecule has 1 aromatic rings. The number of hydrogen-bond donors (Lipinski definition) is 1. The van der Waals surface area contributed by atoms with Crippen LogP contribution in [0.25, 0.3) is 0 Å². The quantitative estimate of drug-likeness (QED) is 0.167. The summed E-state index contributed by atoms with van der Waals surface area (Å²) in [7, 11) is 0. The van der Waals surface area contributed by atoms with Crippen LogP contribution >= 0.6 is 0 Å². The van der Waals surface area contributed by atoms with Gasteiger partial charge in [-0.15, -0.1) is 0 Å². The molecule has 1 N–H and O–H groups in total. The van der Waals surface area contributed by atoms with Gasteiger partial charge in [-0.3, -0.25) is 4.79 Å². The van der Waals surface area contributed by atoms with E-state index in [1.54, 1.807) is 12.1 Å². The summed E-state index contributed by atoms with van der Waals surface area (Å²) in [5, 5.41) is 2.71. The minimum Gasteiger partial charge on any atom is -0.491 e. The molecule has 0 aromatic heterocycles. The number of ether oxygens (including phenoxy) is 7. The molecule has 9 nitrogen and oxygen atoms in total. The van der Waals surface area contributed by atoms with E-state index in [1.807, 2.05) is 12.1 Å². The number of rotatable bonds is 27. The van der Waals surface area contributed by atoms with Crippen molar-refractivity contribution in [3.8, 4) is 5.75 Å². The number of carbonyl (C=O) groups is 1. The smallest absolute Gasteiger partial charge is 0.221 e. The molecule has 0 saturated carbocycles. The van der Waals surface area contributed by atoms with Crippen LogP contribution in [0.5, 0.6) is 5.75 Å². The first-order valence-electron chi connectivity index (χ1n) is 13.7. The van der Waals surface area contributed by atoms with Gasteiger partial charge in [0.2, 0.25) is 5.91 Å². The SMILES string of the molecule is CCCCCCCCOCCOCCOCCOCCOCCOCCOc1ccc(NC(C)=O)cc1. The Morgan fingerprint density at radius 1 is 0.568 bits per heavy atom. The third kappa shape index (κ3) is 23.1. The standard InChI is InChI=1S/C28H49NO8/c1-3-4-5-6-7-8-13-31-14-15-32-16-17-33-18-19-34-20-21-35-22-23-36-24-25-37-28-11-9-27(10-12-28)29-26(2)30/h9-12H,3-8,13-25H2,1-2H3,(H,29,30). The van der Waals surface area contributed by atoms with E-state index in [4.69, 9.17) is 33.2 Å². The lowest BCUT2D eigenvalue weighted by molar-refractivity contribution is -0.114. The predicted molar refractivity (Wildman–Crippen MR) is 145 cm³/mol. The third-order valence-corrected chi connectivity index (χ3v) is 5.17. The highest BCUT2D eigenvalue weighted by Gasteiger charge is 1.98. The molecule has 0 bridgehead atoms. The average molecular weight is 528 g/mol. The second-order valence-corrected chi connectivity index (χ2v) is 8.50. The van der Waals surface area contributed by atoms with Gasteiger partial charge in [-0.1, -0.05) is 39.0 Å². The largest absolute Gasteiger partial charge is 0.491 e. The molecule has 0 unspecified atom stereocenters. The highest BCUT2D eigenvalue weighted by Crippen LogP contribution is 2.15. The van der Waals surface area contributed by atoms with Gasteiger partial charge in [0.25, 0.3) is 0 Å². The molecule has 0 saturated heterocycles. The van der Waals surface area contributed by atoms with Gasteiger partial charge in [0.05, 0.1) is 72.7 Å². The molecule has 214 valence electrons. The van der Waals surface area contributed by atoms with Crippen LogP contribution in [0.3, 0.4) is 0 Å². The van der Waals surface area contributed by atoms with Crippen molar-refractivity contribution in [1.29, 1.82) is 0 Å². The first kappa shape index (κ1) is 33.3. The van der Waals surface area contributed by atoms with Crippen molar-refractivity contribution in [2.24, 2.45) is 0 Å². The van der Waals surface area contributed by atoms with E-state index in [1.165, 1.54) is 39.0 Å². The second-order valence-electron chi connectivity index (χ2n) is 8.50. The number of unbranched alkanes of at least 4 members (excludes halogenated alkanes) is 5. The fourth-order valence-electron chi connectivity index (χ4n) is 3.24. The van der Waals surface area contributed by atoms with Gasteiger partial charge in [-0.05, 0) is 30.7 Å². The van der Waals surface area contributed by atoms with E-state index >= 15 is 0 Å². The summed E-state index contributed by atoms with van der Waals surface area (Å²) in [4.78, 5) is 11.0. The van der Waals surface area contributed by atoms with Crippen LogP contribution in [0.1, 0.15) is 52.4 Å². The zero-order valence-electron chi connectivity index (χ0n) is 23.0. The molecule has 1 amide bonds. The molecule has 1 rings (SSSR count). The minimum absolute atomic E-state index is 0.0998. The zero-order valence-corrected chi connectivity index (χ0v) is 23.0. The fraction of sp³-hybridized carbons (Fsp3) is 0.750. The van der Waals surface area contributed by atoms with E-state index in [-0.39, 0.29) is 5.91 Å². The molecule has 0 heterocycles. The zero-order chi connectivity index (χ0) is 26.7. The number of anilines is 1. The third-order valence-electron chi connectivity index (χ3n) is 5.17. The van der Waals surface area contributed by atoms with E-state index in [9.17, 15) is 4.79 Å². The maximum Gasteiger partial charge on any atom is 0.221 e. The second kappa shape index (κ2) is 25.9. The Hall–Kier alpha value is -1.75. The normalized spacial score (nSPS) is 11.1. The van der Waals surface area contributed by atoms with Crippen LogP contribution < -0.4 is 10.1 Å². The van der Waals surface area contributed by atoms with E-state index in [0.717, 1.165) is 24.5 Å². The summed E-state index contributed by atoms with van der Waals surface area (Å²) < 4.78 is 38.6. The van der Waals surface area contributed by atoms with Crippen LogP contribution in [0, 0.1) is 0 Å². The van der Waals surface area contributed by atoms with Crippen molar-refractivity contribution in [2.45, 2.75) is 52.4 Å². The Kier molecular flexibility index (Phi) is 23.3. The van der Waals surface area contributed by atoms with Gasteiger partial charge in [-0.2, -0.15) is 0 Å². The van der Waals surface area contributed by atoms with E-state index in [2.05, 4.69) is 12.2 Å². The molecule has 9 heteroatoms. The van der Waals surface area contributed by atoms with Crippen molar-refractivity contribution in [1.82, 2.24) is 0 Å². The molecular formula is C28H49NO8. The molecule has 0 aliphatic heterocycles. The molecule has 1 aromatic carbocycles. The highest BCUT2D eigenvalue weighted by atomic mass is 16.6. The first-order valence-corrected chi connectivity index (χ1v) is 13.7. The molecular weight excluding hydrogens is 478 g/mol. The monoisotopic (exact) mass is 527 g/mol. The van der Waals surface area contributed by atoms with E-state index < -0.39 is 0 Å². The topological polar surface area (TPSA) is 93.7 Å². The minimum atomic E-state index is -0.0998. The van der Waals surface area contributed by atoms with Crippen LogP contribution in [0.4, 0.5) is 5.69 Å². The molecule has 0 spiro atoms. The molecule has 0 aliphatic carbocycles. The summed E-state index contributed by atoms with van der Waals surface area (Å²) in [6.07, 6.45) is 7.68. The van der Waals surface area contributed by atoms with Crippen molar-refractivity contribution < 1.29 is 38.0 Å². The van der Waals surface area contributed by atoms with Crippen LogP contribution in [0.15, 0.2) is 24.3 Å². The molecule has 0 fully saturated rings. The fourth-order valence-corrected chi connectivity index (χ4v) is 3.24. The van der Waals surface area contributed by atoms with Crippen LogP contribution in [0.2, 0.25) is 0 Å². The predicted octanol–water partition coefficient (Wildman–Crippen LogP) is 4.48. The first-order chi connectivity index (χ1) is 18.2. The maximum absolute atomic E-state index is 11.0. The number of benzene rings is 1. The Labute approximate surface area is 223 Å². The van der Waals surface area contributed by atoms with Crippen molar-refractivity contribution in [3.63, 3.8) is 0 Å². The lowest BCUT2D eigenvalue weighted by Crippen LogP contribution is -2.14. The Morgan fingerprint density at radius 2 is 0.973 bits per heavy atom. The van der Waals surface area contributed by atoms with Gasteiger partial charge in [0.1, 0.15) is 12.4 Å². The summed E-state index contributed by atoms with van der Waals surface area (Å²) in [6.45, 7) is 10.9. The van der Waals surface area contributed by atoms with Crippen LogP contribution in [-0.4, -0.2) is 91.8 Å². The molecule has 0 aliphatic rings. The van der Waals surface area contributed by atoms with Crippen molar-refractivity contribution in [2.75, 3.05) is 91.2 Å². The van der Waals surface area contributed by atoms with Crippen molar-refractivity contribution >= 4 is 11.6 Å². The Morgan fingerprint density at radius 3 is 1.43 bits per heavy atom. The van der Waals surface area contributed by atoms with Gasteiger partial charge in [-0.25, -0.2) is 0 Å². The summed E-state index contributed by atoms with van der Waals surface area (Å²) in [5.41, 5.74) is 0.741. The van der Waals surface area contributed by atoms with Gasteiger partial charge >= 0.3 is 0 Å². The number of amides is 1. The van der Waals surface area contributed by atoms with Gasteiger partial charge in [0.15, 0.2) is 0 Å². The number of carbonyl (C=O) groups excluding carboxylic acids is 1. The molecule has 0 atom stereocenters. The Bertz CT molecular complexity index is 629. The van der Waals surface area contributed by atoms with E-state index in [0.29, 0.717) is 79.3 Å². The molecule has 37 heavy (non-hydrogen) atoms. The average Bonchev–Trinajstić information content (AvgIpc) is 2.89. The molecule has 0 radical (unpaired) electrons. The lowest BCUT2D eigenvalue weighted by atomic mass is 10.1. The van der Waals surface area contributed by atoms with Crippen LogP contribution in [-0.2, 0) is 33.2 Å². The maximum atomic E-state index is 11.0. The van der Waals surface area contributed by atoms with Gasteiger partial charge in [0, 0.05) is 19.2 Å². The highest BCUT2D eigenvalue weighted by molar-refractivity contribution is 5.88. The van der Waals surface area contributed by atoms with Crippen molar-refractivity contribution in [3.05, 3.63) is 24.3 Å². The lowest BCUT2D eigenvalue weighted by Gasteiger charge is -2.09. The van der Waals surface area contributed by atoms with Gasteiger partial charge < -0.3 is 38.5 Å². The summed E-state index contributed by atoms with van der Waals surface area (Å²) in [5.74, 6) is 0.628. The summed E-state index contributed by atoms with van der Waals surface area (Å²) in [6, 6.07) is 7.21. The Balaban J connectivity index is 1.71. The summed E-state index contributed by atoms with van der Waals surface area (Å²) >= 11 is 0. The number of nitrogens with one attached hydrogen (secondary N) is 1. The number of hydrogen-bond acceptors (Lipinski definition) is 8.